The molecule has 6 nitrogen and oxygen atoms in total. The predicted octanol–water partition coefficient (Wildman–Crippen LogP) is 2.05. The van der Waals surface area contributed by atoms with Crippen LogP contribution in [0.25, 0.3) is 0 Å². The molecular weight excluding hydrogens is 424 g/mol. The molecule has 2 rings (SSSR count). The Labute approximate surface area is 140 Å². The summed E-state index contributed by atoms with van der Waals surface area (Å²) in [6, 6.07) is 4.96. The normalized spacial score (nSPS) is 11.8. The molecule has 0 spiro atoms. The van der Waals surface area contributed by atoms with Crippen LogP contribution in [0.15, 0.2) is 38.2 Å². The highest BCUT2D eigenvalue weighted by Crippen LogP contribution is 2.32. The summed E-state index contributed by atoms with van der Waals surface area (Å²) in [4.78, 5) is 0.137. The summed E-state index contributed by atoms with van der Waals surface area (Å²) in [5.74, 6) is 0. The van der Waals surface area contributed by atoms with E-state index in [-0.39, 0.29) is 11.4 Å². The van der Waals surface area contributed by atoms with Crippen molar-refractivity contribution in [2.24, 2.45) is 7.05 Å². The van der Waals surface area contributed by atoms with E-state index in [1.54, 1.807) is 16.8 Å². The molecular formula is C12H14Br2N4O2S. The summed E-state index contributed by atoms with van der Waals surface area (Å²) in [6.45, 7) is 0.266. The average molecular weight is 438 g/mol. The molecule has 0 saturated heterocycles. The van der Waals surface area contributed by atoms with Crippen molar-refractivity contribution < 1.29 is 8.42 Å². The molecule has 0 atom stereocenters. The number of aryl methyl sites for hydroxylation is 1. The van der Waals surface area contributed by atoms with Crippen molar-refractivity contribution in [3.63, 3.8) is 0 Å². The Kier molecular flexibility index (Phi) is 5.07. The van der Waals surface area contributed by atoms with E-state index in [9.17, 15) is 8.42 Å². The van der Waals surface area contributed by atoms with Gasteiger partial charge in [-0.25, -0.2) is 13.1 Å². The van der Waals surface area contributed by atoms with Crippen LogP contribution < -0.4 is 10.5 Å². The van der Waals surface area contributed by atoms with Crippen molar-refractivity contribution in [3.05, 3.63) is 39.0 Å². The van der Waals surface area contributed by atoms with E-state index in [1.165, 1.54) is 0 Å². The van der Waals surface area contributed by atoms with Gasteiger partial charge in [0, 0.05) is 40.8 Å². The Balaban J connectivity index is 2.12. The van der Waals surface area contributed by atoms with Gasteiger partial charge in [0.1, 0.15) is 4.90 Å². The molecule has 1 aromatic heterocycles. The van der Waals surface area contributed by atoms with Crippen molar-refractivity contribution in [2.45, 2.75) is 11.3 Å². The number of hydrogen-bond donors (Lipinski definition) is 2. The zero-order valence-corrected chi connectivity index (χ0v) is 15.2. The molecule has 1 aromatic carbocycles. The third-order valence-corrected chi connectivity index (χ3v) is 6.07. The summed E-state index contributed by atoms with van der Waals surface area (Å²) in [6.07, 6.45) is 2.33. The SMILES string of the molecule is Cn1ccc(CCNS(=O)(=O)c2c(Br)cc(N)cc2Br)n1. The molecule has 0 aliphatic carbocycles. The number of anilines is 1. The smallest absolute Gasteiger partial charge is 0.242 e. The second kappa shape index (κ2) is 6.47. The number of sulfonamides is 1. The van der Waals surface area contributed by atoms with Gasteiger partial charge in [-0.15, -0.1) is 0 Å². The van der Waals surface area contributed by atoms with Gasteiger partial charge in [0.05, 0.1) is 5.69 Å². The van der Waals surface area contributed by atoms with E-state index in [2.05, 4.69) is 41.7 Å². The van der Waals surface area contributed by atoms with Gasteiger partial charge < -0.3 is 5.73 Å². The molecule has 0 amide bonds. The summed E-state index contributed by atoms with van der Waals surface area (Å²) < 4.78 is 29.8. The number of nitrogens with two attached hydrogens (primary N) is 1. The van der Waals surface area contributed by atoms with Crippen molar-refractivity contribution in [2.75, 3.05) is 12.3 Å². The maximum Gasteiger partial charge on any atom is 0.242 e. The van der Waals surface area contributed by atoms with Gasteiger partial charge in [0.25, 0.3) is 0 Å². The summed E-state index contributed by atoms with van der Waals surface area (Å²) >= 11 is 6.46. The van der Waals surface area contributed by atoms with E-state index < -0.39 is 10.0 Å². The number of rotatable bonds is 5. The van der Waals surface area contributed by atoms with E-state index >= 15 is 0 Å². The molecule has 0 radical (unpaired) electrons. The Morgan fingerprint density at radius 2 is 1.95 bits per heavy atom. The maximum absolute atomic E-state index is 12.3. The minimum Gasteiger partial charge on any atom is -0.399 e. The fraction of sp³-hybridized carbons (Fsp3) is 0.250. The van der Waals surface area contributed by atoms with E-state index in [0.717, 1.165) is 5.69 Å². The van der Waals surface area contributed by atoms with Crippen LogP contribution in [0.1, 0.15) is 5.69 Å². The van der Waals surface area contributed by atoms with Gasteiger partial charge in [-0.3, -0.25) is 4.68 Å². The topological polar surface area (TPSA) is 90.0 Å². The lowest BCUT2D eigenvalue weighted by Crippen LogP contribution is -2.26. The van der Waals surface area contributed by atoms with Crippen LogP contribution in [0.3, 0.4) is 0 Å². The molecule has 0 aliphatic heterocycles. The number of nitrogens with one attached hydrogen (secondary N) is 1. The van der Waals surface area contributed by atoms with Crippen LogP contribution in [-0.4, -0.2) is 24.7 Å². The van der Waals surface area contributed by atoms with Crippen LogP contribution in [0.4, 0.5) is 5.69 Å². The van der Waals surface area contributed by atoms with E-state index in [1.807, 2.05) is 19.3 Å². The number of hydrogen-bond acceptors (Lipinski definition) is 4. The standard InChI is InChI=1S/C12H14Br2N4O2S/c1-18-5-3-9(17-18)2-4-16-21(19,20)12-10(13)6-8(15)7-11(12)14/h3,5-7,16H,2,4,15H2,1H3. The number of halogens is 2. The summed E-state index contributed by atoms with van der Waals surface area (Å²) in [7, 11) is -1.82. The minimum absolute atomic E-state index is 0.137. The largest absolute Gasteiger partial charge is 0.399 e. The quantitative estimate of drug-likeness (QED) is 0.700. The van der Waals surface area contributed by atoms with Gasteiger partial charge in [-0.1, -0.05) is 0 Å². The molecule has 0 aliphatic rings. The Bertz CT molecular complexity index is 735. The highest BCUT2D eigenvalue weighted by Gasteiger charge is 2.21. The highest BCUT2D eigenvalue weighted by atomic mass is 79.9. The van der Waals surface area contributed by atoms with Crippen molar-refractivity contribution >= 4 is 47.6 Å². The molecule has 114 valence electrons. The van der Waals surface area contributed by atoms with Gasteiger partial charge in [0.15, 0.2) is 0 Å². The van der Waals surface area contributed by atoms with Gasteiger partial charge in [0.2, 0.25) is 10.0 Å². The van der Waals surface area contributed by atoms with Crippen LogP contribution in [0.5, 0.6) is 0 Å². The first kappa shape index (κ1) is 16.5. The van der Waals surface area contributed by atoms with E-state index in [4.69, 9.17) is 5.73 Å². The van der Waals surface area contributed by atoms with Crippen LogP contribution in [0.2, 0.25) is 0 Å². The van der Waals surface area contributed by atoms with Crippen LogP contribution >= 0.6 is 31.9 Å². The maximum atomic E-state index is 12.3. The van der Waals surface area contributed by atoms with Crippen LogP contribution in [-0.2, 0) is 23.5 Å². The molecule has 1 heterocycles. The van der Waals surface area contributed by atoms with Gasteiger partial charge >= 0.3 is 0 Å². The van der Waals surface area contributed by atoms with Gasteiger partial charge in [-0.2, -0.15) is 5.10 Å². The molecule has 0 unspecified atom stereocenters. The molecule has 0 fully saturated rings. The number of nitrogens with zero attached hydrogens (tertiary/aromatic N) is 2. The average Bonchev–Trinajstić information content (AvgIpc) is 2.72. The van der Waals surface area contributed by atoms with Crippen LogP contribution in [0, 0.1) is 0 Å². The highest BCUT2D eigenvalue weighted by molar-refractivity contribution is 9.11. The number of aromatic nitrogens is 2. The fourth-order valence-electron chi connectivity index (χ4n) is 1.82. The molecule has 3 N–H and O–H groups in total. The molecule has 0 saturated carbocycles. The zero-order valence-electron chi connectivity index (χ0n) is 11.2. The lowest BCUT2D eigenvalue weighted by molar-refractivity contribution is 0.580. The molecule has 9 heteroatoms. The summed E-state index contributed by atoms with van der Waals surface area (Å²) in [5, 5.41) is 4.20. The Hall–Kier alpha value is -0.900. The number of nitrogen functional groups attached to an aromatic ring is 1. The van der Waals surface area contributed by atoms with Crippen molar-refractivity contribution in [1.82, 2.24) is 14.5 Å². The van der Waals surface area contributed by atoms with E-state index in [0.29, 0.717) is 21.1 Å². The molecule has 2 aromatic rings. The summed E-state index contributed by atoms with van der Waals surface area (Å²) in [5.41, 5.74) is 6.97. The second-order valence-corrected chi connectivity index (χ2v) is 7.85. The predicted molar refractivity (Wildman–Crippen MR) is 88.4 cm³/mol. The Morgan fingerprint density at radius 1 is 1.33 bits per heavy atom. The zero-order chi connectivity index (χ0) is 15.6. The fourth-order valence-corrected chi connectivity index (χ4v) is 5.47. The van der Waals surface area contributed by atoms with Crippen molar-refractivity contribution in [3.8, 4) is 0 Å². The number of benzene rings is 1. The first-order chi connectivity index (χ1) is 9.79. The molecule has 21 heavy (non-hydrogen) atoms. The first-order valence-corrected chi connectivity index (χ1v) is 9.09. The monoisotopic (exact) mass is 436 g/mol. The third-order valence-electron chi connectivity index (χ3n) is 2.73. The third kappa shape index (κ3) is 4.06. The van der Waals surface area contributed by atoms with Gasteiger partial charge in [-0.05, 0) is 50.1 Å². The lowest BCUT2D eigenvalue weighted by atomic mass is 10.3. The van der Waals surface area contributed by atoms with Crippen molar-refractivity contribution in [1.29, 1.82) is 0 Å². The lowest BCUT2D eigenvalue weighted by Gasteiger charge is -2.10. The minimum atomic E-state index is -3.64. The Morgan fingerprint density at radius 3 is 2.48 bits per heavy atom. The first-order valence-electron chi connectivity index (χ1n) is 6.02. The molecule has 0 bridgehead atoms. The second-order valence-electron chi connectivity index (χ2n) is 4.44.